The number of hydrogen-bond donors (Lipinski definition) is 2. The summed E-state index contributed by atoms with van der Waals surface area (Å²) in [7, 11) is 0. The molecule has 20 heavy (non-hydrogen) atoms. The van der Waals surface area contributed by atoms with Crippen molar-refractivity contribution in [2.75, 3.05) is 29.9 Å². The Morgan fingerprint density at radius 2 is 1.90 bits per heavy atom. The fourth-order valence-electron chi connectivity index (χ4n) is 2.76. The van der Waals surface area contributed by atoms with Crippen molar-refractivity contribution in [1.82, 2.24) is 5.32 Å². The fraction of sp³-hybridized carbons (Fsp3) is 0.562. The molecule has 2 rings (SSSR count). The zero-order valence-electron chi connectivity index (χ0n) is 12.7. The first-order chi connectivity index (χ1) is 9.71. The van der Waals surface area contributed by atoms with E-state index in [9.17, 15) is 4.79 Å². The SMILES string of the molecule is CCCN(CCC)c1ccc2c(c1)NC(=O)C2NCC. The summed E-state index contributed by atoms with van der Waals surface area (Å²) in [6, 6.07) is 6.12. The van der Waals surface area contributed by atoms with E-state index in [-0.39, 0.29) is 11.9 Å². The van der Waals surface area contributed by atoms with Crippen molar-refractivity contribution in [3.8, 4) is 0 Å². The third-order valence-electron chi connectivity index (χ3n) is 3.63. The molecule has 0 radical (unpaired) electrons. The third kappa shape index (κ3) is 2.96. The third-order valence-corrected chi connectivity index (χ3v) is 3.63. The van der Waals surface area contributed by atoms with Gasteiger partial charge < -0.3 is 15.5 Å². The summed E-state index contributed by atoms with van der Waals surface area (Å²) >= 11 is 0. The van der Waals surface area contributed by atoms with E-state index in [0.717, 1.165) is 43.7 Å². The van der Waals surface area contributed by atoms with Gasteiger partial charge in [-0.05, 0) is 31.5 Å². The first-order valence-corrected chi connectivity index (χ1v) is 7.64. The molecule has 2 N–H and O–H groups in total. The topological polar surface area (TPSA) is 44.4 Å². The average molecular weight is 275 g/mol. The summed E-state index contributed by atoms with van der Waals surface area (Å²) in [5, 5.41) is 6.21. The van der Waals surface area contributed by atoms with Gasteiger partial charge in [-0.25, -0.2) is 0 Å². The van der Waals surface area contributed by atoms with Crippen LogP contribution >= 0.6 is 0 Å². The summed E-state index contributed by atoms with van der Waals surface area (Å²) in [5.41, 5.74) is 3.22. The Hall–Kier alpha value is -1.55. The molecule has 1 unspecified atom stereocenters. The molecule has 110 valence electrons. The smallest absolute Gasteiger partial charge is 0.246 e. The number of amides is 1. The molecule has 1 aromatic rings. The highest BCUT2D eigenvalue weighted by Gasteiger charge is 2.29. The molecule has 1 amide bonds. The van der Waals surface area contributed by atoms with Crippen LogP contribution in [-0.4, -0.2) is 25.5 Å². The molecule has 1 aromatic carbocycles. The van der Waals surface area contributed by atoms with Gasteiger partial charge in [0, 0.05) is 30.0 Å². The minimum Gasteiger partial charge on any atom is -0.371 e. The monoisotopic (exact) mass is 275 g/mol. The van der Waals surface area contributed by atoms with Crippen molar-refractivity contribution in [3.63, 3.8) is 0 Å². The minimum absolute atomic E-state index is 0.0523. The van der Waals surface area contributed by atoms with Gasteiger partial charge in [-0.1, -0.05) is 26.8 Å². The quantitative estimate of drug-likeness (QED) is 0.804. The van der Waals surface area contributed by atoms with Gasteiger partial charge in [-0.15, -0.1) is 0 Å². The summed E-state index contributed by atoms with van der Waals surface area (Å²) in [6.07, 6.45) is 2.26. The summed E-state index contributed by atoms with van der Waals surface area (Å²) in [4.78, 5) is 14.3. The van der Waals surface area contributed by atoms with Crippen molar-refractivity contribution in [2.45, 2.75) is 39.7 Å². The van der Waals surface area contributed by atoms with Crippen LogP contribution in [0.25, 0.3) is 0 Å². The molecular formula is C16H25N3O. The second-order valence-electron chi connectivity index (χ2n) is 5.24. The number of nitrogens with one attached hydrogen (secondary N) is 2. The lowest BCUT2D eigenvalue weighted by Gasteiger charge is -2.24. The maximum Gasteiger partial charge on any atom is 0.246 e. The second kappa shape index (κ2) is 6.75. The van der Waals surface area contributed by atoms with Gasteiger partial charge in [-0.3, -0.25) is 4.79 Å². The molecule has 0 aliphatic carbocycles. The zero-order valence-corrected chi connectivity index (χ0v) is 12.7. The molecular weight excluding hydrogens is 250 g/mol. The number of rotatable bonds is 7. The summed E-state index contributed by atoms with van der Waals surface area (Å²) < 4.78 is 0. The van der Waals surface area contributed by atoms with Gasteiger partial charge in [0.05, 0.1) is 0 Å². The van der Waals surface area contributed by atoms with Crippen molar-refractivity contribution >= 4 is 17.3 Å². The largest absolute Gasteiger partial charge is 0.371 e. The molecule has 0 spiro atoms. The Morgan fingerprint density at radius 3 is 2.50 bits per heavy atom. The van der Waals surface area contributed by atoms with Crippen LogP contribution in [0.5, 0.6) is 0 Å². The van der Waals surface area contributed by atoms with E-state index in [1.165, 1.54) is 5.69 Å². The van der Waals surface area contributed by atoms with E-state index < -0.39 is 0 Å². The molecule has 4 heteroatoms. The molecule has 0 aromatic heterocycles. The molecule has 0 saturated carbocycles. The number of fused-ring (bicyclic) bond motifs is 1. The van der Waals surface area contributed by atoms with Crippen LogP contribution in [0, 0.1) is 0 Å². The Morgan fingerprint density at radius 1 is 1.20 bits per heavy atom. The maximum atomic E-state index is 12.0. The predicted octanol–water partition coefficient (Wildman–Crippen LogP) is 2.92. The second-order valence-corrected chi connectivity index (χ2v) is 5.24. The number of carbonyl (C=O) groups excluding carboxylic acids is 1. The van der Waals surface area contributed by atoms with Gasteiger partial charge in [-0.2, -0.15) is 0 Å². The normalized spacial score (nSPS) is 16.9. The van der Waals surface area contributed by atoms with Gasteiger partial charge in [0.25, 0.3) is 0 Å². The van der Waals surface area contributed by atoms with Crippen LogP contribution < -0.4 is 15.5 Å². The van der Waals surface area contributed by atoms with E-state index >= 15 is 0 Å². The molecule has 1 aliphatic heterocycles. The molecule has 0 bridgehead atoms. The van der Waals surface area contributed by atoms with Gasteiger partial charge in [0.2, 0.25) is 5.91 Å². The number of benzene rings is 1. The number of anilines is 2. The highest BCUT2D eigenvalue weighted by molar-refractivity contribution is 6.03. The van der Waals surface area contributed by atoms with Gasteiger partial charge in [0.1, 0.15) is 6.04 Å². The van der Waals surface area contributed by atoms with E-state index in [4.69, 9.17) is 0 Å². The lowest BCUT2D eigenvalue weighted by molar-refractivity contribution is -0.117. The summed E-state index contributed by atoms with van der Waals surface area (Å²) in [6.45, 7) is 9.30. The molecule has 1 heterocycles. The van der Waals surface area contributed by atoms with Crippen LogP contribution in [0.2, 0.25) is 0 Å². The van der Waals surface area contributed by atoms with Crippen molar-refractivity contribution < 1.29 is 4.79 Å². The Labute approximate surface area is 121 Å². The van der Waals surface area contributed by atoms with Crippen molar-refractivity contribution in [3.05, 3.63) is 23.8 Å². The number of carbonyl (C=O) groups is 1. The van der Waals surface area contributed by atoms with E-state index in [2.05, 4.69) is 47.6 Å². The minimum atomic E-state index is -0.199. The molecule has 4 nitrogen and oxygen atoms in total. The Kier molecular flexibility index (Phi) is 5.01. The van der Waals surface area contributed by atoms with E-state index in [1.54, 1.807) is 0 Å². The van der Waals surface area contributed by atoms with Crippen molar-refractivity contribution in [2.24, 2.45) is 0 Å². The number of nitrogens with zero attached hydrogens (tertiary/aromatic N) is 1. The maximum absolute atomic E-state index is 12.0. The highest BCUT2D eigenvalue weighted by Crippen LogP contribution is 2.34. The van der Waals surface area contributed by atoms with Crippen LogP contribution in [0.4, 0.5) is 11.4 Å². The predicted molar refractivity (Wildman–Crippen MR) is 84.3 cm³/mol. The molecule has 1 aliphatic rings. The Bertz CT molecular complexity index is 467. The highest BCUT2D eigenvalue weighted by atomic mass is 16.2. The van der Waals surface area contributed by atoms with Gasteiger partial charge >= 0.3 is 0 Å². The van der Waals surface area contributed by atoms with Gasteiger partial charge in [0.15, 0.2) is 0 Å². The molecule has 0 saturated heterocycles. The molecule has 0 fully saturated rings. The average Bonchev–Trinajstić information content (AvgIpc) is 2.74. The standard InChI is InChI=1S/C16H25N3O/c1-4-9-19(10-5-2)12-7-8-13-14(11-12)18-16(20)15(13)17-6-3/h7-8,11,15,17H,4-6,9-10H2,1-3H3,(H,18,20). The summed E-state index contributed by atoms with van der Waals surface area (Å²) in [5.74, 6) is 0.0523. The fourth-order valence-corrected chi connectivity index (χ4v) is 2.76. The van der Waals surface area contributed by atoms with Crippen LogP contribution in [0.1, 0.15) is 45.2 Å². The van der Waals surface area contributed by atoms with Crippen LogP contribution in [0.15, 0.2) is 18.2 Å². The number of likely N-dealkylation sites (N-methyl/N-ethyl adjacent to an activating group) is 1. The number of hydrogen-bond acceptors (Lipinski definition) is 3. The first-order valence-electron chi connectivity index (χ1n) is 7.64. The van der Waals surface area contributed by atoms with Crippen molar-refractivity contribution in [1.29, 1.82) is 0 Å². The zero-order chi connectivity index (χ0) is 14.5. The molecule has 1 atom stereocenters. The van der Waals surface area contributed by atoms with E-state index in [1.807, 2.05) is 6.92 Å². The Balaban J connectivity index is 2.24. The lowest BCUT2D eigenvalue weighted by Crippen LogP contribution is -2.27. The van der Waals surface area contributed by atoms with Crippen LogP contribution in [0.3, 0.4) is 0 Å². The first kappa shape index (κ1) is 14.9. The van der Waals surface area contributed by atoms with Crippen LogP contribution in [-0.2, 0) is 4.79 Å². The van der Waals surface area contributed by atoms with E-state index in [0.29, 0.717) is 0 Å². The lowest BCUT2D eigenvalue weighted by atomic mass is 10.1.